The van der Waals surface area contributed by atoms with E-state index in [0.717, 1.165) is 30.8 Å². The van der Waals surface area contributed by atoms with E-state index in [-0.39, 0.29) is 11.9 Å². The average Bonchev–Trinajstić information content (AvgIpc) is 2.46. The minimum absolute atomic E-state index is 0.127. The molecule has 0 bridgehead atoms. The van der Waals surface area contributed by atoms with Gasteiger partial charge in [-0.15, -0.1) is 0 Å². The van der Waals surface area contributed by atoms with Crippen molar-refractivity contribution in [2.75, 3.05) is 11.9 Å². The van der Waals surface area contributed by atoms with Crippen molar-refractivity contribution in [2.45, 2.75) is 32.2 Å². The van der Waals surface area contributed by atoms with E-state index < -0.39 is 0 Å². The van der Waals surface area contributed by atoms with Crippen molar-refractivity contribution >= 4 is 11.7 Å². The number of amides is 1. The fourth-order valence-electron chi connectivity index (χ4n) is 1.86. The number of carbonyl (C=O) groups is 1. The summed E-state index contributed by atoms with van der Waals surface area (Å²) in [6.45, 7) is 2.80. The lowest BCUT2D eigenvalue weighted by molar-refractivity contribution is -0.120. The van der Waals surface area contributed by atoms with Crippen LogP contribution in [0.15, 0.2) is 18.3 Å². The molecule has 2 heterocycles. The largest absolute Gasteiger partial charge is 0.367 e. The van der Waals surface area contributed by atoms with E-state index in [1.54, 1.807) is 0 Å². The van der Waals surface area contributed by atoms with Gasteiger partial charge < -0.3 is 10.6 Å². The van der Waals surface area contributed by atoms with E-state index in [1.807, 2.05) is 25.3 Å². The summed E-state index contributed by atoms with van der Waals surface area (Å²) in [4.78, 5) is 15.7. The van der Waals surface area contributed by atoms with Gasteiger partial charge in [0, 0.05) is 25.2 Å². The predicted octanol–water partition coefficient (Wildman–Crippen LogP) is 1.47. The molecule has 1 unspecified atom stereocenters. The topological polar surface area (TPSA) is 54.0 Å². The van der Waals surface area contributed by atoms with Gasteiger partial charge in [-0.2, -0.15) is 0 Å². The number of rotatable bonds is 2. The van der Waals surface area contributed by atoms with E-state index >= 15 is 0 Å². The summed E-state index contributed by atoms with van der Waals surface area (Å²) >= 11 is 0. The van der Waals surface area contributed by atoms with Gasteiger partial charge in [0.15, 0.2) is 0 Å². The number of hydrogen-bond donors (Lipinski definition) is 2. The zero-order valence-corrected chi connectivity index (χ0v) is 9.49. The van der Waals surface area contributed by atoms with Crippen molar-refractivity contribution in [1.82, 2.24) is 10.3 Å². The number of anilines is 1. The van der Waals surface area contributed by atoms with Crippen LogP contribution in [0.2, 0.25) is 0 Å². The molecule has 0 aliphatic carbocycles. The molecule has 0 aromatic carbocycles. The maximum Gasteiger partial charge on any atom is 0.222 e. The number of aryl methyl sites for hydroxylation is 1. The van der Waals surface area contributed by atoms with Crippen LogP contribution >= 0.6 is 0 Å². The third-order valence-electron chi connectivity index (χ3n) is 2.75. The molecule has 4 nitrogen and oxygen atoms in total. The van der Waals surface area contributed by atoms with Crippen molar-refractivity contribution < 1.29 is 4.79 Å². The summed E-state index contributed by atoms with van der Waals surface area (Å²) < 4.78 is 0. The van der Waals surface area contributed by atoms with E-state index in [4.69, 9.17) is 0 Å². The van der Waals surface area contributed by atoms with Crippen LogP contribution in [-0.4, -0.2) is 23.5 Å². The van der Waals surface area contributed by atoms with Gasteiger partial charge >= 0.3 is 0 Å². The standard InChI is InChI=1S/C12H17N3O/c1-9-4-5-11(14-8-9)15-10-3-2-6-13-12(16)7-10/h4-5,8,10H,2-3,6-7H2,1H3,(H,13,16)(H,14,15). The lowest BCUT2D eigenvalue weighted by atomic mass is 10.1. The normalized spacial score (nSPS) is 21.1. The van der Waals surface area contributed by atoms with Crippen molar-refractivity contribution in [2.24, 2.45) is 0 Å². The van der Waals surface area contributed by atoms with E-state index in [0.29, 0.717) is 6.42 Å². The lowest BCUT2D eigenvalue weighted by Crippen LogP contribution is -2.27. The number of hydrogen-bond acceptors (Lipinski definition) is 3. The molecule has 1 amide bonds. The molecule has 1 aromatic rings. The summed E-state index contributed by atoms with van der Waals surface area (Å²) in [5.41, 5.74) is 1.14. The Hall–Kier alpha value is -1.58. The number of aromatic nitrogens is 1. The molecule has 1 fully saturated rings. The van der Waals surface area contributed by atoms with E-state index in [9.17, 15) is 4.79 Å². The van der Waals surface area contributed by atoms with Crippen LogP contribution in [0.25, 0.3) is 0 Å². The molecule has 2 rings (SSSR count). The number of pyridine rings is 1. The molecule has 1 saturated heterocycles. The highest BCUT2D eigenvalue weighted by Crippen LogP contribution is 2.12. The molecule has 4 heteroatoms. The van der Waals surface area contributed by atoms with Gasteiger partial charge in [-0.05, 0) is 31.4 Å². The van der Waals surface area contributed by atoms with Gasteiger partial charge in [-0.25, -0.2) is 4.98 Å². The molecule has 0 radical (unpaired) electrons. The Morgan fingerprint density at radius 2 is 2.38 bits per heavy atom. The molecule has 2 N–H and O–H groups in total. The van der Waals surface area contributed by atoms with Crippen LogP contribution in [0.1, 0.15) is 24.8 Å². The summed E-state index contributed by atoms with van der Waals surface area (Å²) in [6.07, 6.45) is 4.40. The van der Waals surface area contributed by atoms with Gasteiger partial charge in [-0.3, -0.25) is 4.79 Å². The van der Waals surface area contributed by atoms with Gasteiger partial charge in [-0.1, -0.05) is 6.07 Å². The second-order valence-corrected chi connectivity index (χ2v) is 4.26. The second-order valence-electron chi connectivity index (χ2n) is 4.26. The molecule has 1 aliphatic heterocycles. The zero-order valence-electron chi connectivity index (χ0n) is 9.49. The van der Waals surface area contributed by atoms with Crippen LogP contribution in [-0.2, 0) is 4.79 Å². The summed E-state index contributed by atoms with van der Waals surface area (Å²) in [7, 11) is 0. The first-order chi connectivity index (χ1) is 7.74. The minimum Gasteiger partial charge on any atom is -0.367 e. The van der Waals surface area contributed by atoms with Crippen LogP contribution < -0.4 is 10.6 Å². The van der Waals surface area contributed by atoms with Crippen LogP contribution in [0.4, 0.5) is 5.82 Å². The number of nitrogens with one attached hydrogen (secondary N) is 2. The quantitative estimate of drug-likeness (QED) is 0.792. The Bertz CT molecular complexity index is 361. The van der Waals surface area contributed by atoms with E-state index in [1.165, 1.54) is 0 Å². The molecule has 1 atom stereocenters. The van der Waals surface area contributed by atoms with E-state index in [2.05, 4.69) is 15.6 Å². The molecule has 1 aromatic heterocycles. The average molecular weight is 219 g/mol. The SMILES string of the molecule is Cc1ccc(NC2CCCNC(=O)C2)nc1. The van der Waals surface area contributed by atoms with Gasteiger partial charge in [0.05, 0.1) is 0 Å². The summed E-state index contributed by atoms with van der Waals surface area (Å²) in [5, 5.41) is 6.18. The van der Waals surface area contributed by atoms with Crippen LogP contribution in [0.3, 0.4) is 0 Å². The minimum atomic E-state index is 0.127. The molecular weight excluding hydrogens is 202 g/mol. The van der Waals surface area contributed by atoms with Gasteiger partial charge in [0.25, 0.3) is 0 Å². The fourth-order valence-corrected chi connectivity index (χ4v) is 1.86. The molecule has 86 valence electrons. The first kappa shape index (κ1) is 10.9. The molecular formula is C12H17N3O. The Kier molecular flexibility index (Phi) is 3.39. The Labute approximate surface area is 95.5 Å². The second kappa shape index (κ2) is 4.96. The third kappa shape index (κ3) is 2.95. The molecule has 0 saturated carbocycles. The molecule has 0 spiro atoms. The van der Waals surface area contributed by atoms with Gasteiger partial charge in [0.2, 0.25) is 5.91 Å². The number of carbonyl (C=O) groups excluding carboxylic acids is 1. The summed E-state index contributed by atoms with van der Waals surface area (Å²) in [5.74, 6) is 0.979. The lowest BCUT2D eigenvalue weighted by Gasteiger charge is -2.15. The number of nitrogens with zero attached hydrogens (tertiary/aromatic N) is 1. The van der Waals surface area contributed by atoms with Crippen molar-refractivity contribution in [1.29, 1.82) is 0 Å². The fraction of sp³-hybridized carbons (Fsp3) is 0.500. The van der Waals surface area contributed by atoms with Crippen molar-refractivity contribution in [3.8, 4) is 0 Å². The molecule has 1 aliphatic rings. The smallest absolute Gasteiger partial charge is 0.222 e. The third-order valence-corrected chi connectivity index (χ3v) is 2.75. The first-order valence-corrected chi connectivity index (χ1v) is 5.70. The van der Waals surface area contributed by atoms with Crippen molar-refractivity contribution in [3.63, 3.8) is 0 Å². The Morgan fingerprint density at radius 3 is 3.12 bits per heavy atom. The summed E-state index contributed by atoms with van der Waals surface area (Å²) in [6, 6.07) is 4.18. The van der Waals surface area contributed by atoms with Crippen molar-refractivity contribution in [3.05, 3.63) is 23.9 Å². The maximum atomic E-state index is 11.4. The zero-order chi connectivity index (χ0) is 11.4. The maximum absolute atomic E-state index is 11.4. The highest BCUT2D eigenvalue weighted by molar-refractivity contribution is 5.77. The predicted molar refractivity (Wildman–Crippen MR) is 63.2 cm³/mol. The first-order valence-electron chi connectivity index (χ1n) is 5.70. The van der Waals surface area contributed by atoms with Crippen LogP contribution in [0, 0.1) is 6.92 Å². The Balaban J connectivity index is 1.97. The van der Waals surface area contributed by atoms with Crippen LogP contribution in [0.5, 0.6) is 0 Å². The monoisotopic (exact) mass is 219 g/mol. The molecule has 16 heavy (non-hydrogen) atoms. The Morgan fingerprint density at radius 1 is 1.50 bits per heavy atom. The van der Waals surface area contributed by atoms with Gasteiger partial charge in [0.1, 0.15) is 5.82 Å². The highest BCUT2D eigenvalue weighted by Gasteiger charge is 2.17. The highest BCUT2D eigenvalue weighted by atomic mass is 16.1.